The molecule has 0 saturated carbocycles. The highest BCUT2D eigenvalue weighted by molar-refractivity contribution is 7.88. The number of hydrogen-bond donors (Lipinski definition) is 1. The Morgan fingerprint density at radius 3 is 2.22 bits per heavy atom. The smallest absolute Gasteiger partial charge is 0.222 e. The average molecular weight is 278 g/mol. The Labute approximate surface area is 109 Å². The molecule has 0 atom stereocenters. The summed E-state index contributed by atoms with van der Waals surface area (Å²) >= 11 is 0. The minimum atomic E-state index is -3.13. The number of amides is 1. The van der Waals surface area contributed by atoms with Crippen LogP contribution >= 0.6 is 0 Å². The van der Waals surface area contributed by atoms with Crippen LogP contribution in [0.3, 0.4) is 0 Å². The number of rotatable bonds is 6. The largest absolute Gasteiger partial charge is 0.396 e. The third-order valence-corrected chi connectivity index (χ3v) is 4.41. The lowest BCUT2D eigenvalue weighted by molar-refractivity contribution is -0.132. The van der Waals surface area contributed by atoms with E-state index >= 15 is 0 Å². The van der Waals surface area contributed by atoms with Gasteiger partial charge in [-0.2, -0.15) is 4.31 Å². The molecule has 0 bridgehead atoms. The highest BCUT2D eigenvalue weighted by atomic mass is 32.2. The molecule has 1 aliphatic heterocycles. The summed E-state index contributed by atoms with van der Waals surface area (Å²) in [5, 5.41) is 8.63. The Morgan fingerprint density at radius 1 is 1.11 bits per heavy atom. The van der Waals surface area contributed by atoms with Crippen LogP contribution < -0.4 is 0 Å². The molecule has 0 aromatic carbocycles. The summed E-state index contributed by atoms with van der Waals surface area (Å²) in [4.78, 5) is 13.5. The lowest BCUT2D eigenvalue weighted by atomic mass is 10.2. The predicted molar refractivity (Wildman–Crippen MR) is 68.6 cm³/mol. The molecule has 0 unspecified atom stereocenters. The van der Waals surface area contributed by atoms with E-state index in [-0.39, 0.29) is 12.5 Å². The third-order valence-electron chi connectivity index (χ3n) is 3.11. The summed E-state index contributed by atoms with van der Waals surface area (Å²) in [5.74, 6) is 0.0843. The van der Waals surface area contributed by atoms with E-state index in [9.17, 15) is 13.2 Å². The molecule has 1 saturated heterocycles. The van der Waals surface area contributed by atoms with Crippen LogP contribution in [0.1, 0.15) is 25.7 Å². The molecule has 0 spiro atoms. The van der Waals surface area contributed by atoms with Gasteiger partial charge in [0.05, 0.1) is 6.26 Å². The van der Waals surface area contributed by atoms with Crippen molar-refractivity contribution in [1.82, 2.24) is 9.21 Å². The van der Waals surface area contributed by atoms with E-state index < -0.39 is 10.0 Å². The standard InChI is InChI=1S/C11H22N2O4S/c1-18(16,17)13-8-6-12(7-9-13)11(15)5-3-2-4-10-14/h14H,2-10H2,1H3. The molecule has 18 heavy (non-hydrogen) atoms. The second-order valence-corrected chi connectivity index (χ2v) is 6.56. The van der Waals surface area contributed by atoms with Crippen molar-refractivity contribution >= 4 is 15.9 Å². The third kappa shape index (κ3) is 4.91. The molecule has 7 heteroatoms. The van der Waals surface area contributed by atoms with Gasteiger partial charge >= 0.3 is 0 Å². The first-order chi connectivity index (χ1) is 8.45. The Kier molecular flexibility index (Phi) is 6.04. The fourth-order valence-corrected chi connectivity index (χ4v) is 2.82. The van der Waals surface area contributed by atoms with Crippen molar-refractivity contribution in [2.45, 2.75) is 25.7 Å². The van der Waals surface area contributed by atoms with Crippen molar-refractivity contribution in [3.05, 3.63) is 0 Å². The molecule has 106 valence electrons. The van der Waals surface area contributed by atoms with E-state index in [0.29, 0.717) is 32.6 Å². The maximum Gasteiger partial charge on any atom is 0.222 e. The Bertz CT molecular complexity index is 361. The molecule has 1 amide bonds. The minimum Gasteiger partial charge on any atom is -0.396 e. The van der Waals surface area contributed by atoms with Gasteiger partial charge in [-0.15, -0.1) is 0 Å². The van der Waals surface area contributed by atoms with Crippen LogP contribution in [-0.4, -0.2) is 67.7 Å². The summed E-state index contributed by atoms with van der Waals surface area (Å²) in [6, 6.07) is 0. The molecule has 0 aromatic rings. The van der Waals surface area contributed by atoms with Gasteiger partial charge in [0.2, 0.25) is 15.9 Å². The first kappa shape index (κ1) is 15.4. The minimum absolute atomic E-state index is 0.0843. The first-order valence-corrected chi connectivity index (χ1v) is 8.13. The fraction of sp³-hybridized carbons (Fsp3) is 0.909. The number of aliphatic hydroxyl groups is 1. The van der Waals surface area contributed by atoms with Crippen LogP contribution in [0.25, 0.3) is 0 Å². The maximum absolute atomic E-state index is 11.8. The number of carbonyl (C=O) groups is 1. The van der Waals surface area contributed by atoms with Gasteiger partial charge < -0.3 is 10.0 Å². The van der Waals surface area contributed by atoms with Crippen molar-refractivity contribution in [2.24, 2.45) is 0 Å². The Hall–Kier alpha value is -0.660. The fourth-order valence-electron chi connectivity index (χ4n) is 1.99. The van der Waals surface area contributed by atoms with Crippen LogP contribution in [-0.2, 0) is 14.8 Å². The second-order valence-electron chi connectivity index (χ2n) is 4.58. The van der Waals surface area contributed by atoms with E-state index in [4.69, 9.17) is 5.11 Å². The van der Waals surface area contributed by atoms with Gasteiger partial charge in [0.25, 0.3) is 0 Å². The van der Waals surface area contributed by atoms with Gasteiger partial charge in [0.1, 0.15) is 0 Å². The molecule has 0 aromatic heterocycles. The van der Waals surface area contributed by atoms with Crippen molar-refractivity contribution in [1.29, 1.82) is 0 Å². The van der Waals surface area contributed by atoms with Crippen LogP contribution in [0.4, 0.5) is 0 Å². The van der Waals surface area contributed by atoms with E-state index in [2.05, 4.69) is 0 Å². The monoisotopic (exact) mass is 278 g/mol. The number of unbranched alkanes of at least 4 members (excludes halogenated alkanes) is 2. The highest BCUT2D eigenvalue weighted by Crippen LogP contribution is 2.09. The Morgan fingerprint density at radius 2 is 1.72 bits per heavy atom. The van der Waals surface area contributed by atoms with Crippen LogP contribution in [0.15, 0.2) is 0 Å². The second kappa shape index (κ2) is 7.06. The zero-order valence-electron chi connectivity index (χ0n) is 10.8. The van der Waals surface area contributed by atoms with Crippen molar-refractivity contribution < 1.29 is 18.3 Å². The first-order valence-electron chi connectivity index (χ1n) is 6.29. The zero-order valence-corrected chi connectivity index (χ0v) is 11.7. The van der Waals surface area contributed by atoms with Gasteiger partial charge in [0, 0.05) is 39.2 Å². The average Bonchev–Trinajstić information content (AvgIpc) is 2.33. The number of hydrogen-bond acceptors (Lipinski definition) is 4. The molecule has 0 aliphatic carbocycles. The van der Waals surface area contributed by atoms with Crippen molar-refractivity contribution in [3.8, 4) is 0 Å². The van der Waals surface area contributed by atoms with E-state index in [1.165, 1.54) is 10.6 Å². The van der Waals surface area contributed by atoms with Crippen LogP contribution in [0.2, 0.25) is 0 Å². The quantitative estimate of drug-likeness (QED) is 0.673. The lowest BCUT2D eigenvalue weighted by Crippen LogP contribution is -2.50. The van der Waals surface area contributed by atoms with Crippen LogP contribution in [0.5, 0.6) is 0 Å². The topological polar surface area (TPSA) is 77.9 Å². The molecular weight excluding hydrogens is 256 g/mol. The normalized spacial score (nSPS) is 18.0. The number of nitrogens with zero attached hydrogens (tertiary/aromatic N) is 2. The number of piperazine rings is 1. The molecule has 1 N–H and O–H groups in total. The van der Waals surface area contributed by atoms with Gasteiger partial charge in [-0.25, -0.2) is 8.42 Å². The summed E-state index contributed by atoms with van der Waals surface area (Å²) < 4.78 is 24.0. The van der Waals surface area contributed by atoms with Gasteiger partial charge in [-0.1, -0.05) is 6.42 Å². The van der Waals surface area contributed by atoms with Crippen LogP contribution in [0, 0.1) is 0 Å². The Balaban J connectivity index is 2.28. The van der Waals surface area contributed by atoms with E-state index in [0.717, 1.165) is 19.3 Å². The number of sulfonamides is 1. The molecule has 1 fully saturated rings. The molecular formula is C11H22N2O4S. The van der Waals surface area contributed by atoms with Gasteiger partial charge in [0.15, 0.2) is 0 Å². The van der Waals surface area contributed by atoms with Crippen molar-refractivity contribution in [2.75, 3.05) is 39.0 Å². The summed E-state index contributed by atoms with van der Waals surface area (Å²) in [5.41, 5.74) is 0. The van der Waals surface area contributed by atoms with Gasteiger partial charge in [-0.3, -0.25) is 4.79 Å². The summed E-state index contributed by atoms with van der Waals surface area (Å²) in [7, 11) is -3.13. The zero-order chi connectivity index (χ0) is 13.6. The molecule has 1 aliphatic rings. The van der Waals surface area contributed by atoms with Crippen molar-refractivity contribution in [3.63, 3.8) is 0 Å². The number of aliphatic hydroxyl groups excluding tert-OH is 1. The predicted octanol–water partition coefficient (Wildman–Crippen LogP) is -0.357. The SMILES string of the molecule is CS(=O)(=O)N1CCN(C(=O)CCCCCO)CC1. The molecule has 0 radical (unpaired) electrons. The summed E-state index contributed by atoms with van der Waals surface area (Å²) in [6.07, 6.45) is 4.05. The number of carbonyl (C=O) groups excluding carboxylic acids is 1. The molecule has 1 heterocycles. The van der Waals surface area contributed by atoms with Gasteiger partial charge in [-0.05, 0) is 12.8 Å². The lowest BCUT2D eigenvalue weighted by Gasteiger charge is -2.33. The highest BCUT2D eigenvalue weighted by Gasteiger charge is 2.25. The summed E-state index contributed by atoms with van der Waals surface area (Å²) in [6.45, 7) is 1.90. The molecule has 6 nitrogen and oxygen atoms in total. The van der Waals surface area contributed by atoms with E-state index in [1.54, 1.807) is 4.90 Å². The van der Waals surface area contributed by atoms with E-state index in [1.807, 2.05) is 0 Å². The molecule has 1 rings (SSSR count). The maximum atomic E-state index is 11.8.